The summed E-state index contributed by atoms with van der Waals surface area (Å²) in [6, 6.07) is 4.30. The van der Waals surface area contributed by atoms with E-state index in [1.165, 1.54) is 37.7 Å². The quantitative estimate of drug-likeness (QED) is 0.737. The van der Waals surface area contributed by atoms with Crippen LogP contribution in [0.4, 0.5) is 5.82 Å². The Morgan fingerprint density at radius 1 is 1.13 bits per heavy atom. The Kier molecular flexibility index (Phi) is 5.97. The molecule has 0 aromatic carbocycles. The number of allylic oxidation sites excluding steroid dienone is 1. The highest BCUT2D eigenvalue weighted by molar-refractivity contribution is 5.94. The second kappa shape index (κ2) is 9.01. The molecule has 1 N–H and O–H groups in total. The van der Waals surface area contributed by atoms with E-state index >= 15 is 0 Å². The maximum Gasteiger partial charge on any atom is 0.252 e. The number of nitrogens with zero attached hydrogens (tertiary/aromatic N) is 3. The van der Waals surface area contributed by atoms with E-state index in [9.17, 15) is 9.59 Å². The lowest BCUT2D eigenvalue weighted by Gasteiger charge is -2.52. The number of piperidine rings is 3. The average molecular weight is 423 g/mol. The molecular weight excluding hydrogens is 388 g/mol. The molecule has 3 fully saturated rings. The Labute approximate surface area is 185 Å². The van der Waals surface area contributed by atoms with Crippen molar-refractivity contribution in [2.24, 2.45) is 11.8 Å². The topological polar surface area (TPSA) is 65.5 Å². The van der Waals surface area contributed by atoms with E-state index in [0.29, 0.717) is 35.9 Å². The van der Waals surface area contributed by atoms with E-state index in [0.717, 1.165) is 51.1 Å². The molecule has 4 aliphatic rings. The highest BCUT2D eigenvalue weighted by Crippen LogP contribution is 2.38. The minimum absolute atomic E-state index is 0.0395. The number of hydrogen-bond acceptors (Lipinski definition) is 4. The van der Waals surface area contributed by atoms with Crippen molar-refractivity contribution in [1.82, 2.24) is 15.2 Å². The summed E-state index contributed by atoms with van der Waals surface area (Å²) in [6.07, 6.45) is 14.0. The summed E-state index contributed by atoms with van der Waals surface area (Å²) in [7, 11) is 0. The van der Waals surface area contributed by atoms with Crippen molar-refractivity contribution in [3.05, 3.63) is 35.5 Å². The first-order valence-electron chi connectivity index (χ1n) is 12.1. The number of nitrogens with one attached hydrogen (secondary N) is 1. The van der Waals surface area contributed by atoms with Crippen LogP contribution in [0.5, 0.6) is 0 Å². The molecule has 6 nitrogen and oxygen atoms in total. The number of rotatable bonds is 5. The lowest BCUT2D eigenvalue weighted by atomic mass is 9.76. The zero-order valence-corrected chi connectivity index (χ0v) is 18.4. The highest BCUT2D eigenvalue weighted by atomic mass is 16.2. The van der Waals surface area contributed by atoms with Crippen LogP contribution in [0.3, 0.4) is 0 Å². The van der Waals surface area contributed by atoms with Crippen molar-refractivity contribution in [1.29, 1.82) is 0 Å². The monoisotopic (exact) mass is 422 g/mol. The first-order chi connectivity index (χ1) is 15.2. The molecule has 0 radical (unpaired) electrons. The fourth-order valence-electron chi connectivity index (χ4n) is 6.07. The average Bonchev–Trinajstić information content (AvgIpc) is 2.80. The molecule has 166 valence electrons. The van der Waals surface area contributed by atoms with E-state index in [4.69, 9.17) is 0 Å². The van der Waals surface area contributed by atoms with Crippen LogP contribution in [0.25, 0.3) is 0 Å². The zero-order valence-electron chi connectivity index (χ0n) is 18.4. The van der Waals surface area contributed by atoms with Gasteiger partial charge in [-0.05, 0) is 75.3 Å². The summed E-state index contributed by atoms with van der Waals surface area (Å²) in [5.41, 5.74) is 2.11. The molecule has 1 aromatic heterocycles. The van der Waals surface area contributed by atoms with Gasteiger partial charge < -0.3 is 15.1 Å². The van der Waals surface area contributed by atoms with Gasteiger partial charge in [0.15, 0.2) is 0 Å². The fraction of sp³-hybridized carbons (Fsp3) is 0.640. The number of hydrogen-bond donors (Lipinski definition) is 1. The summed E-state index contributed by atoms with van der Waals surface area (Å²) >= 11 is 0. The van der Waals surface area contributed by atoms with Crippen LogP contribution in [0.2, 0.25) is 0 Å². The van der Waals surface area contributed by atoms with Crippen molar-refractivity contribution in [3.63, 3.8) is 0 Å². The maximum atomic E-state index is 12.5. The third kappa shape index (κ3) is 4.48. The Morgan fingerprint density at radius 3 is 2.87 bits per heavy atom. The van der Waals surface area contributed by atoms with Gasteiger partial charge in [-0.25, -0.2) is 4.98 Å². The van der Waals surface area contributed by atoms with Crippen LogP contribution in [0, 0.1) is 11.8 Å². The number of amides is 2. The molecule has 6 heteroatoms. The van der Waals surface area contributed by atoms with Gasteiger partial charge in [-0.1, -0.05) is 11.6 Å². The Bertz CT molecular complexity index is 850. The molecule has 0 saturated carbocycles. The molecule has 0 spiro atoms. The molecule has 3 aliphatic heterocycles. The third-order valence-corrected chi connectivity index (χ3v) is 7.63. The molecule has 0 unspecified atom stereocenters. The predicted molar refractivity (Wildman–Crippen MR) is 121 cm³/mol. The van der Waals surface area contributed by atoms with E-state index in [-0.39, 0.29) is 5.91 Å². The first kappa shape index (κ1) is 20.5. The maximum absolute atomic E-state index is 12.5. The molecule has 2 amide bonds. The Hall–Kier alpha value is -2.37. The SMILES string of the molecule is O=C(NCCC1=CCCCC1)c1ccc(N2C[C@H]3C[C@H](C2)[C@H]2CCCC(=O)N2C3)nc1. The molecule has 1 aliphatic carbocycles. The molecule has 1 aromatic rings. The van der Waals surface area contributed by atoms with Gasteiger partial charge in [-0.2, -0.15) is 0 Å². The second-order valence-corrected chi connectivity index (χ2v) is 9.79. The molecular formula is C25H34N4O2. The van der Waals surface area contributed by atoms with Crippen LogP contribution in [0.1, 0.15) is 68.1 Å². The van der Waals surface area contributed by atoms with Gasteiger partial charge in [0.2, 0.25) is 5.91 Å². The highest BCUT2D eigenvalue weighted by Gasteiger charge is 2.44. The molecule has 2 bridgehead atoms. The van der Waals surface area contributed by atoms with Gasteiger partial charge in [0.25, 0.3) is 5.91 Å². The molecule has 5 rings (SSSR count). The normalized spacial score (nSPS) is 28.1. The number of fused-ring (bicyclic) bond motifs is 4. The van der Waals surface area contributed by atoms with Gasteiger partial charge in [0, 0.05) is 44.8 Å². The zero-order chi connectivity index (χ0) is 21.2. The molecule has 3 saturated heterocycles. The summed E-state index contributed by atoms with van der Waals surface area (Å²) in [5, 5.41) is 3.04. The fourth-order valence-corrected chi connectivity index (χ4v) is 6.07. The van der Waals surface area contributed by atoms with E-state index < -0.39 is 0 Å². The number of carbonyl (C=O) groups excluding carboxylic acids is 2. The van der Waals surface area contributed by atoms with E-state index in [2.05, 4.69) is 26.2 Å². The van der Waals surface area contributed by atoms with E-state index in [1.54, 1.807) is 6.20 Å². The van der Waals surface area contributed by atoms with Crippen molar-refractivity contribution in [2.75, 3.05) is 31.1 Å². The molecule has 3 atom stereocenters. The van der Waals surface area contributed by atoms with Crippen LogP contribution in [-0.4, -0.2) is 53.9 Å². The minimum atomic E-state index is -0.0395. The van der Waals surface area contributed by atoms with Crippen molar-refractivity contribution < 1.29 is 9.59 Å². The van der Waals surface area contributed by atoms with Crippen molar-refractivity contribution in [3.8, 4) is 0 Å². The van der Waals surface area contributed by atoms with Crippen LogP contribution in [-0.2, 0) is 4.79 Å². The van der Waals surface area contributed by atoms with Crippen LogP contribution in [0.15, 0.2) is 30.0 Å². The van der Waals surface area contributed by atoms with Gasteiger partial charge in [0.05, 0.1) is 5.56 Å². The lowest BCUT2D eigenvalue weighted by molar-refractivity contribution is -0.142. The van der Waals surface area contributed by atoms with Crippen molar-refractivity contribution >= 4 is 17.6 Å². The number of pyridine rings is 1. The lowest BCUT2D eigenvalue weighted by Crippen LogP contribution is -2.60. The largest absolute Gasteiger partial charge is 0.356 e. The smallest absolute Gasteiger partial charge is 0.252 e. The number of anilines is 1. The van der Waals surface area contributed by atoms with Gasteiger partial charge in [-0.3, -0.25) is 9.59 Å². The standard InChI is InChI=1S/C25H34N4O2/c30-24-8-4-7-22-21-13-19(16-29(22)24)15-28(17-21)23-10-9-20(14-27-23)25(31)26-12-11-18-5-2-1-3-6-18/h5,9-10,14,19,21-22H,1-4,6-8,11-13,15-17H2,(H,26,31)/t19-,21-,22-/m1/s1. The first-order valence-corrected chi connectivity index (χ1v) is 12.1. The van der Waals surface area contributed by atoms with Gasteiger partial charge in [0.1, 0.15) is 5.82 Å². The minimum Gasteiger partial charge on any atom is -0.356 e. The van der Waals surface area contributed by atoms with Crippen LogP contribution >= 0.6 is 0 Å². The summed E-state index contributed by atoms with van der Waals surface area (Å²) in [4.78, 5) is 34.0. The Balaban J connectivity index is 1.17. The molecule has 4 heterocycles. The number of carbonyl (C=O) groups is 2. The Morgan fingerprint density at radius 2 is 2.06 bits per heavy atom. The predicted octanol–water partition coefficient (Wildman–Crippen LogP) is 3.54. The summed E-state index contributed by atoms with van der Waals surface area (Å²) < 4.78 is 0. The second-order valence-electron chi connectivity index (χ2n) is 9.79. The van der Waals surface area contributed by atoms with Gasteiger partial charge >= 0.3 is 0 Å². The number of aromatic nitrogens is 1. The van der Waals surface area contributed by atoms with Crippen molar-refractivity contribution in [2.45, 2.75) is 63.8 Å². The van der Waals surface area contributed by atoms with E-state index in [1.807, 2.05) is 12.1 Å². The molecule has 31 heavy (non-hydrogen) atoms. The van der Waals surface area contributed by atoms with Crippen LogP contribution < -0.4 is 10.2 Å². The van der Waals surface area contributed by atoms with Gasteiger partial charge in [-0.15, -0.1) is 0 Å². The third-order valence-electron chi connectivity index (χ3n) is 7.63. The summed E-state index contributed by atoms with van der Waals surface area (Å²) in [5.74, 6) is 2.33. The summed E-state index contributed by atoms with van der Waals surface area (Å²) in [6.45, 7) is 3.49.